The smallest absolute Gasteiger partial charge is 0.256 e. The minimum atomic E-state index is -0.169. The van der Waals surface area contributed by atoms with Crippen molar-refractivity contribution in [1.29, 1.82) is 0 Å². The van der Waals surface area contributed by atoms with E-state index in [1.807, 2.05) is 62.4 Å². The number of nitrogens with one attached hydrogen (secondary N) is 1. The molecule has 0 spiro atoms. The van der Waals surface area contributed by atoms with E-state index in [4.69, 9.17) is 0 Å². The van der Waals surface area contributed by atoms with Crippen LogP contribution in [0, 0.1) is 13.8 Å². The summed E-state index contributed by atoms with van der Waals surface area (Å²) in [6, 6.07) is 15.4. The molecule has 0 bridgehead atoms. The van der Waals surface area contributed by atoms with Crippen molar-refractivity contribution in [3.63, 3.8) is 0 Å². The first kappa shape index (κ1) is 17.2. The van der Waals surface area contributed by atoms with Gasteiger partial charge in [-0.15, -0.1) is 0 Å². The fraction of sp³-hybridized carbons (Fsp3) is 0.227. The summed E-state index contributed by atoms with van der Waals surface area (Å²) in [5.41, 5.74) is 4.86. The zero-order chi connectivity index (χ0) is 19.0. The summed E-state index contributed by atoms with van der Waals surface area (Å²) in [6.07, 6.45) is 0.579. The molecule has 0 atom stereocenters. The zero-order valence-corrected chi connectivity index (χ0v) is 15.5. The van der Waals surface area contributed by atoms with E-state index in [9.17, 15) is 9.59 Å². The highest BCUT2D eigenvalue weighted by atomic mass is 16.2. The Morgan fingerprint density at radius 3 is 2.56 bits per heavy atom. The van der Waals surface area contributed by atoms with Gasteiger partial charge in [0.25, 0.3) is 11.5 Å². The van der Waals surface area contributed by atoms with Gasteiger partial charge >= 0.3 is 0 Å². The maximum Gasteiger partial charge on any atom is 0.256 e. The number of carbonyl (C=O) groups excluding carboxylic acids is 1. The normalized spacial score (nSPS) is 13.3. The van der Waals surface area contributed by atoms with Gasteiger partial charge in [0.2, 0.25) is 0 Å². The Balaban J connectivity index is 1.64. The predicted molar refractivity (Wildman–Crippen MR) is 105 cm³/mol. The number of hydrogen-bond acceptors (Lipinski definition) is 3. The highest BCUT2D eigenvalue weighted by Crippen LogP contribution is 2.21. The largest absolute Gasteiger partial charge is 0.334 e. The molecule has 1 aliphatic heterocycles. The Bertz CT molecular complexity index is 1070. The molecule has 0 saturated carbocycles. The molecule has 136 valence electrons. The number of rotatable bonds is 2. The van der Waals surface area contributed by atoms with Gasteiger partial charge in [0.15, 0.2) is 0 Å². The highest BCUT2D eigenvalue weighted by Gasteiger charge is 2.26. The second-order valence-corrected chi connectivity index (χ2v) is 7.00. The number of aryl methyl sites for hydroxylation is 2. The third-order valence-corrected chi connectivity index (χ3v) is 5.06. The van der Waals surface area contributed by atoms with Crippen LogP contribution in [0.3, 0.4) is 0 Å². The number of amides is 1. The molecular formula is C22H21N3O2. The van der Waals surface area contributed by atoms with E-state index in [2.05, 4.69) is 9.97 Å². The van der Waals surface area contributed by atoms with Crippen LogP contribution in [0.15, 0.2) is 53.3 Å². The lowest BCUT2D eigenvalue weighted by molar-refractivity contribution is 0.0732. The summed E-state index contributed by atoms with van der Waals surface area (Å²) in [7, 11) is 0. The van der Waals surface area contributed by atoms with Crippen LogP contribution in [0.2, 0.25) is 0 Å². The molecule has 2 aromatic carbocycles. The summed E-state index contributed by atoms with van der Waals surface area (Å²) in [5.74, 6) is 0.540. The molecule has 5 heteroatoms. The van der Waals surface area contributed by atoms with Crippen molar-refractivity contribution < 1.29 is 4.79 Å². The van der Waals surface area contributed by atoms with E-state index >= 15 is 0 Å². The van der Waals surface area contributed by atoms with Crippen LogP contribution >= 0.6 is 0 Å². The molecule has 0 radical (unpaired) electrons. The topological polar surface area (TPSA) is 66.1 Å². The number of aromatic amines is 1. The lowest BCUT2D eigenvalue weighted by atomic mass is 10.0. The van der Waals surface area contributed by atoms with Gasteiger partial charge in [0.1, 0.15) is 5.82 Å². The summed E-state index contributed by atoms with van der Waals surface area (Å²) in [4.78, 5) is 34.8. The first-order chi connectivity index (χ1) is 13.0. The number of aromatic nitrogens is 2. The molecule has 1 amide bonds. The van der Waals surface area contributed by atoms with Crippen LogP contribution in [0.25, 0.3) is 11.4 Å². The standard InChI is InChI=1S/C22H21N3O2/c1-14-7-9-16(10-8-14)20-23-19-11-12-25(13-18(19)21(26)24-20)22(27)17-6-4-3-5-15(17)2/h3-10H,11-13H2,1-2H3,(H,23,24,26). The molecule has 0 unspecified atom stereocenters. The summed E-state index contributed by atoms with van der Waals surface area (Å²) in [5, 5.41) is 0. The fourth-order valence-electron chi connectivity index (χ4n) is 3.43. The Labute approximate surface area is 157 Å². The van der Waals surface area contributed by atoms with Gasteiger partial charge in [-0.3, -0.25) is 9.59 Å². The van der Waals surface area contributed by atoms with Gasteiger partial charge in [-0.05, 0) is 25.5 Å². The minimum Gasteiger partial charge on any atom is -0.334 e. The second-order valence-electron chi connectivity index (χ2n) is 7.00. The van der Waals surface area contributed by atoms with Crippen LogP contribution in [0.4, 0.5) is 0 Å². The molecular weight excluding hydrogens is 338 g/mol. The lowest BCUT2D eigenvalue weighted by Crippen LogP contribution is -2.39. The molecule has 1 N–H and O–H groups in total. The fourth-order valence-corrected chi connectivity index (χ4v) is 3.43. The SMILES string of the molecule is Cc1ccc(-c2nc3c(c(=O)[nH]2)CN(C(=O)c2ccccc2C)CC3)cc1. The van der Waals surface area contributed by atoms with Crippen LogP contribution in [0.5, 0.6) is 0 Å². The number of H-pyrrole nitrogens is 1. The van der Waals surface area contributed by atoms with Crippen LogP contribution in [-0.4, -0.2) is 27.3 Å². The first-order valence-electron chi connectivity index (χ1n) is 9.07. The molecule has 4 rings (SSSR count). The molecule has 1 aromatic heterocycles. The van der Waals surface area contributed by atoms with Gasteiger partial charge in [-0.2, -0.15) is 0 Å². The molecule has 0 aliphatic carbocycles. The Morgan fingerprint density at radius 1 is 1.07 bits per heavy atom. The molecule has 0 saturated heterocycles. The van der Waals surface area contributed by atoms with E-state index in [0.29, 0.717) is 36.5 Å². The van der Waals surface area contributed by atoms with Crippen LogP contribution in [-0.2, 0) is 13.0 Å². The van der Waals surface area contributed by atoms with Crippen molar-refractivity contribution in [1.82, 2.24) is 14.9 Å². The van der Waals surface area contributed by atoms with E-state index in [-0.39, 0.29) is 11.5 Å². The maximum atomic E-state index is 12.9. The van der Waals surface area contributed by atoms with E-state index in [1.165, 1.54) is 0 Å². The number of benzene rings is 2. The van der Waals surface area contributed by atoms with Gasteiger partial charge < -0.3 is 9.88 Å². The van der Waals surface area contributed by atoms with Crippen LogP contribution in [0.1, 0.15) is 32.7 Å². The number of hydrogen-bond donors (Lipinski definition) is 1. The third kappa shape index (κ3) is 3.28. The van der Waals surface area contributed by atoms with E-state index < -0.39 is 0 Å². The Hall–Kier alpha value is -3.21. The van der Waals surface area contributed by atoms with Crippen molar-refractivity contribution >= 4 is 5.91 Å². The van der Waals surface area contributed by atoms with Gasteiger partial charge in [-0.1, -0.05) is 48.0 Å². The Morgan fingerprint density at radius 2 is 1.81 bits per heavy atom. The summed E-state index contributed by atoms with van der Waals surface area (Å²) < 4.78 is 0. The molecule has 2 heterocycles. The predicted octanol–water partition coefficient (Wildman–Crippen LogP) is 3.25. The quantitative estimate of drug-likeness (QED) is 0.764. The zero-order valence-electron chi connectivity index (χ0n) is 15.5. The average molecular weight is 359 g/mol. The molecule has 5 nitrogen and oxygen atoms in total. The number of fused-ring (bicyclic) bond motifs is 1. The first-order valence-corrected chi connectivity index (χ1v) is 9.07. The van der Waals surface area contributed by atoms with Gasteiger partial charge in [-0.25, -0.2) is 4.98 Å². The summed E-state index contributed by atoms with van der Waals surface area (Å²) in [6.45, 7) is 4.79. The lowest BCUT2D eigenvalue weighted by Gasteiger charge is -2.28. The highest BCUT2D eigenvalue weighted by molar-refractivity contribution is 5.95. The summed E-state index contributed by atoms with van der Waals surface area (Å²) >= 11 is 0. The molecule has 1 aliphatic rings. The molecule has 3 aromatic rings. The van der Waals surface area contributed by atoms with Crippen molar-refractivity contribution in [2.24, 2.45) is 0 Å². The minimum absolute atomic E-state index is 0.0410. The van der Waals surface area contributed by atoms with Gasteiger partial charge in [0.05, 0.1) is 17.8 Å². The molecule has 0 fully saturated rings. The number of nitrogens with zero attached hydrogens (tertiary/aromatic N) is 2. The Kier molecular flexibility index (Phi) is 4.36. The second kappa shape index (κ2) is 6.83. The van der Waals surface area contributed by atoms with Gasteiger partial charge in [0, 0.05) is 24.1 Å². The number of carbonyl (C=O) groups is 1. The third-order valence-electron chi connectivity index (χ3n) is 5.06. The van der Waals surface area contributed by atoms with Crippen molar-refractivity contribution in [3.05, 3.63) is 86.8 Å². The van der Waals surface area contributed by atoms with Crippen molar-refractivity contribution in [2.75, 3.05) is 6.54 Å². The average Bonchev–Trinajstić information content (AvgIpc) is 2.68. The van der Waals surface area contributed by atoms with Crippen molar-refractivity contribution in [3.8, 4) is 11.4 Å². The van der Waals surface area contributed by atoms with E-state index in [0.717, 1.165) is 22.4 Å². The van der Waals surface area contributed by atoms with Crippen molar-refractivity contribution in [2.45, 2.75) is 26.8 Å². The molecule has 27 heavy (non-hydrogen) atoms. The maximum absolute atomic E-state index is 12.9. The monoisotopic (exact) mass is 359 g/mol. The van der Waals surface area contributed by atoms with E-state index in [1.54, 1.807) is 4.90 Å². The van der Waals surface area contributed by atoms with Crippen LogP contribution < -0.4 is 5.56 Å².